The lowest BCUT2D eigenvalue weighted by Crippen LogP contribution is -2.46. The molecule has 0 fully saturated rings. The molecule has 2 aromatic rings. The molecule has 0 saturated heterocycles. The molecule has 0 spiro atoms. The van der Waals surface area contributed by atoms with Gasteiger partial charge in [-0.05, 0) is 23.6 Å². The van der Waals surface area contributed by atoms with Gasteiger partial charge in [-0.2, -0.15) is 0 Å². The zero-order valence-corrected chi connectivity index (χ0v) is 12.2. The molecule has 0 bridgehead atoms. The van der Waals surface area contributed by atoms with Crippen molar-refractivity contribution in [2.75, 3.05) is 6.54 Å². The van der Waals surface area contributed by atoms with Gasteiger partial charge in [0.05, 0.1) is 6.04 Å². The lowest BCUT2D eigenvalue weighted by atomic mass is 9.84. The van der Waals surface area contributed by atoms with Crippen molar-refractivity contribution in [3.8, 4) is 0 Å². The molecule has 0 radical (unpaired) electrons. The fraction of sp³-hybridized carbons (Fsp3) is 0.278. The van der Waals surface area contributed by atoms with E-state index in [4.69, 9.17) is 5.73 Å². The fourth-order valence-corrected chi connectivity index (χ4v) is 3.08. The number of carbonyl (C=O) groups excluding carboxylic acids is 1. The van der Waals surface area contributed by atoms with Crippen molar-refractivity contribution < 1.29 is 4.79 Å². The van der Waals surface area contributed by atoms with Crippen molar-refractivity contribution >= 4 is 5.91 Å². The topological polar surface area (TPSA) is 46.3 Å². The number of hydrogen-bond donors (Lipinski definition) is 1. The van der Waals surface area contributed by atoms with Gasteiger partial charge in [0.25, 0.3) is 0 Å². The maximum atomic E-state index is 11.5. The van der Waals surface area contributed by atoms with Crippen molar-refractivity contribution in [1.82, 2.24) is 4.90 Å². The molecule has 2 N–H and O–H groups in total. The Morgan fingerprint density at radius 3 is 2.52 bits per heavy atom. The average molecular weight is 280 g/mol. The minimum absolute atomic E-state index is 0.246. The average Bonchev–Trinajstić information content (AvgIpc) is 2.53. The Morgan fingerprint density at radius 1 is 1.14 bits per heavy atom. The van der Waals surface area contributed by atoms with Gasteiger partial charge in [0, 0.05) is 19.0 Å². The van der Waals surface area contributed by atoms with Crippen LogP contribution in [0.4, 0.5) is 0 Å². The van der Waals surface area contributed by atoms with E-state index in [1.807, 2.05) is 13.0 Å². The molecular weight excluding hydrogens is 260 g/mol. The van der Waals surface area contributed by atoms with Gasteiger partial charge in [0.15, 0.2) is 0 Å². The lowest BCUT2D eigenvalue weighted by molar-refractivity contribution is -0.123. The highest BCUT2D eigenvalue weighted by atomic mass is 16.1. The molecule has 108 valence electrons. The molecule has 2 atom stereocenters. The van der Waals surface area contributed by atoms with E-state index in [1.165, 1.54) is 16.7 Å². The number of rotatable bonds is 3. The van der Waals surface area contributed by atoms with Crippen LogP contribution in [0.25, 0.3) is 0 Å². The molecule has 1 heterocycles. The fourth-order valence-electron chi connectivity index (χ4n) is 3.08. The highest BCUT2D eigenvalue weighted by molar-refractivity contribution is 5.79. The summed E-state index contributed by atoms with van der Waals surface area (Å²) >= 11 is 0. The highest BCUT2D eigenvalue weighted by Gasteiger charge is 2.30. The first kappa shape index (κ1) is 13.8. The van der Waals surface area contributed by atoms with E-state index in [2.05, 4.69) is 53.4 Å². The Morgan fingerprint density at radius 2 is 1.81 bits per heavy atom. The normalized spacial score (nSPS) is 19.8. The number of fused-ring (bicyclic) bond motifs is 1. The van der Waals surface area contributed by atoms with Crippen LogP contribution in [0.5, 0.6) is 0 Å². The van der Waals surface area contributed by atoms with Gasteiger partial charge < -0.3 is 5.73 Å². The molecule has 3 nitrogen and oxygen atoms in total. The first-order valence-electron chi connectivity index (χ1n) is 7.33. The van der Waals surface area contributed by atoms with Gasteiger partial charge in [0.1, 0.15) is 0 Å². The molecule has 0 aliphatic carbocycles. The molecule has 1 amide bonds. The number of nitrogens with zero attached hydrogens (tertiary/aromatic N) is 1. The Balaban J connectivity index is 2.00. The minimum Gasteiger partial charge on any atom is -0.368 e. The van der Waals surface area contributed by atoms with E-state index in [0.29, 0.717) is 0 Å². The minimum atomic E-state index is -0.263. The van der Waals surface area contributed by atoms with Crippen LogP contribution >= 0.6 is 0 Å². The van der Waals surface area contributed by atoms with Crippen molar-refractivity contribution in [3.63, 3.8) is 0 Å². The standard InChI is InChI=1S/C18H20N2O/c1-13(18(19)21)20-11-15-9-5-6-10-16(15)17(12-20)14-7-3-2-4-8-14/h2-10,13,17H,11-12H2,1H3,(H2,19,21). The Bertz CT molecular complexity index is 639. The summed E-state index contributed by atoms with van der Waals surface area (Å²) in [7, 11) is 0. The maximum absolute atomic E-state index is 11.5. The molecule has 21 heavy (non-hydrogen) atoms. The van der Waals surface area contributed by atoms with Gasteiger partial charge >= 0.3 is 0 Å². The van der Waals surface area contributed by atoms with Crippen LogP contribution in [-0.4, -0.2) is 23.4 Å². The van der Waals surface area contributed by atoms with Crippen LogP contribution in [0.3, 0.4) is 0 Å². The highest BCUT2D eigenvalue weighted by Crippen LogP contribution is 2.34. The number of nitrogens with two attached hydrogens (primary N) is 1. The first-order valence-corrected chi connectivity index (χ1v) is 7.33. The summed E-state index contributed by atoms with van der Waals surface area (Å²) in [5.74, 6) is 0.0270. The van der Waals surface area contributed by atoms with E-state index < -0.39 is 0 Å². The number of benzene rings is 2. The van der Waals surface area contributed by atoms with Gasteiger partial charge in [0.2, 0.25) is 5.91 Å². The van der Waals surface area contributed by atoms with Crippen molar-refractivity contribution in [3.05, 3.63) is 71.3 Å². The summed E-state index contributed by atoms with van der Waals surface area (Å²) < 4.78 is 0. The second-order valence-electron chi connectivity index (χ2n) is 5.67. The molecule has 0 aromatic heterocycles. The molecule has 1 aliphatic rings. The third-order valence-electron chi connectivity index (χ3n) is 4.38. The third kappa shape index (κ3) is 2.69. The van der Waals surface area contributed by atoms with Crippen LogP contribution in [0.2, 0.25) is 0 Å². The van der Waals surface area contributed by atoms with Crippen molar-refractivity contribution in [2.45, 2.75) is 25.4 Å². The molecular formula is C18H20N2O. The SMILES string of the molecule is CC(C(N)=O)N1Cc2ccccc2C(c2ccccc2)C1. The van der Waals surface area contributed by atoms with Crippen LogP contribution < -0.4 is 5.73 Å². The molecule has 2 unspecified atom stereocenters. The van der Waals surface area contributed by atoms with Gasteiger partial charge in [-0.1, -0.05) is 54.6 Å². The largest absolute Gasteiger partial charge is 0.368 e. The summed E-state index contributed by atoms with van der Waals surface area (Å²) in [6.45, 7) is 3.49. The van der Waals surface area contributed by atoms with E-state index >= 15 is 0 Å². The Labute approximate surface area is 125 Å². The Hall–Kier alpha value is -2.13. The Kier molecular flexibility index (Phi) is 3.76. The third-order valence-corrected chi connectivity index (χ3v) is 4.38. The summed E-state index contributed by atoms with van der Waals surface area (Å²) in [6.07, 6.45) is 0. The van der Waals surface area contributed by atoms with Crippen LogP contribution in [0.15, 0.2) is 54.6 Å². The first-order chi connectivity index (χ1) is 10.2. The summed E-state index contributed by atoms with van der Waals surface area (Å²) in [5, 5.41) is 0. The van der Waals surface area contributed by atoms with Gasteiger partial charge in [-0.25, -0.2) is 0 Å². The number of carbonyl (C=O) groups is 1. The second kappa shape index (κ2) is 5.70. The van der Waals surface area contributed by atoms with Crippen molar-refractivity contribution in [2.24, 2.45) is 5.73 Å². The van der Waals surface area contributed by atoms with E-state index in [-0.39, 0.29) is 17.9 Å². The number of primary amides is 1. The van der Waals surface area contributed by atoms with E-state index in [9.17, 15) is 4.79 Å². The monoisotopic (exact) mass is 280 g/mol. The van der Waals surface area contributed by atoms with Crippen LogP contribution in [0, 0.1) is 0 Å². The predicted octanol–water partition coefficient (Wildman–Crippen LogP) is 2.51. The van der Waals surface area contributed by atoms with Crippen molar-refractivity contribution in [1.29, 1.82) is 0 Å². The lowest BCUT2D eigenvalue weighted by Gasteiger charge is -2.37. The summed E-state index contributed by atoms with van der Waals surface area (Å²) in [6, 6.07) is 18.7. The van der Waals surface area contributed by atoms with Gasteiger partial charge in [-0.3, -0.25) is 9.69 Å². The summed E-state index contributed by atoms with van der Waals surface area (Å²) in [5.41, 5.74) is 9.41. The molecule has 3 rings (SSSR count). The summed E-state index contributed by atoms with van der Waals surface area (Å²) in [4.78, 5) is 13.7. The quantitative estimate of drug-likeness (QED) is 0.939. The van der Waals surface area contributed by atoms with E-state index in [0.717, 1.165) is 13.1 Å². The molecule has 0 saturated carbocycles. The second-order valence-corrected chi connectivity index (χ2v) is 5.67. The van der Waals surface area contributed by atoms with Crippen LogP contribution in [-0.2, 0) is 11.3 Å². The zero-order valence-electron chi connectivity index (χ0n) is 12.2. The van der Waals surface area contributed by atoms with E-state index in [1.54, 1.807) is 0 Å². The molecule has 3 heteroatoms. The molecule has 2 aromatic carbocycles. The number of amides is 1. The molecule has 1 aliphatic heterocycles. The maximum Gasteiger partial charge on any atom is 0.234 e. The number of hydrogen-bond acceptors (Lipinski definition) is 2. The van der Waals surface area contributed by atoms with Gasteiger partial charge in [-0.15, -0.1) is 0 Å². The smallest absolute Gasteiger partial charge is 0.234 e. The predicted molar refractivity (Wildman–Crippen MR) is 83.8 cm³/mol. The van der Waals surface area contributed by atoms with Crippen LogP contribution in [0.1, 0.15) is 29.5 Å². The zero-order chi connectivity index (χ0) is 14.8.